The van der Waals surface area contributed by atoms with Crippen molar-refractivity contribution in [3.63, 3.8) is 0 Å². The fourth-order valence-electron chi connectivity index (χ4n) is 4.06. The molecule has 0 aliphatic carbocycles. The van der Waals surface area contributed by atoms with Gasteiger partial charge in [0.05, 0.1) is 17.8 Å². The summed E-state index contributed by atoms with van der Waals surface area (Å²) < 4.78 is 0. The monoisotopic (exact) mass is 392 g/mol. The van der Waals surface area contributed by atoms with Crippen molar-refractivity contribution in [3.8, 4) is 0 Å². The summed E-state index contributed by atoms with van der Waals surface area (Å²) in [6.45, 7) is 8.37. The van der Waals surface area contributed by atoms with E-state index < -0.39 is 6.10 Å². The fourth-order valence-corrected chi connectivity index (χ4v) is 4.29. The van der Waals surface area contributed by atoms with Crippen molar-refractivity contribution >= 4 is 28.5 Å². The van der Waals surface area contributed by atoms with Crippen LogP contribution in [0, 0.1) is 11.3 Å². The quantitative estimate of drug-likeness (QED) is 0.716. The standard InChI is InChI=1S/C20H29ClN4O2/c1-4-7-22-19(27)25-8-5-14(6-9-25)20(2,3)18(26)16-11-15(21)10-13-12-23-24-17(13)16/h10-12,14,18,26H,4-9H2,1-3H3,(H,22,27)(H,23,24). The van der Waals surface area contributed by atoms with Gasteiger partial charge in [-0.25, -0.2) is 4.79 Å². The van der Waals surface area contributed by atoms with Crippen LogP contribution in [0.4, 0.5) is 4.79 Å². The lowest BCUT2D eigenvalue weighted by Gasteiger charge is -2.43. The van der Waals surface area contributed by atoms with E-state index in [0.29, 0.717) is 30.6 Å². The molecule has 2 amide bonds. The minimum absolute atomic E-state index is 0.0164. The summed E-state index contributed by atoms with van der Waals surface area (Å²) in [5, 5.41) is 22.7. The molecule has 0 radical (unpaired) electrons. The number of fused-ring (bicyclic) bond motifs is 1. The average Bonchev–Trinajstić information content (AvgIpc) is 3.13. The van der Waals surface area contributed by atoms with Gasteiger partial charge in [0, 0.05) is 35.6 Å². The third kappa shape index (κ3) is 4.06. The second-order valence-electron chi connectivity index (χ2n) is 8.05. The van der Waals surface area contributed by atoms with Crippen molar-refractivity contribution in [3.05, 3.63) is 28.9 Å². The predicted octanol–water partition coefficient (Wildman–Crippen LogP) is 4.11. The molecule has 148 valence electrons. The molecular formula is C20H29ClN4O2. The van der Waals surface area contributed by atoms with Crippen molar-refractivity contribution in [1.29, 1.82) is 0 Å². The maximum absolute atomic E-state index is 12.2. The zero-order chi connectivity index (χ0) is 19.6. The number of hydrogen-bond acceptors (Lipinski definition) is 3. The highest BCUT2D eigenvalue weighted by Gasteiger charge is 2.40. The summed E-state index contributed by atoms with van der Waals surface area (Å²) >= 11 is 6.25. The van der Waals surface area contributed by atoms with E-state index in [1.165, 1.54) is 0 Å². The van der Waals surface area contributed by atoms with Crippen LogP contribution in [-0.2, 0) is 0 Å². The van der Waals surface area contributed by atoms with E-state index in [1.807, 2.05) is 24.0 Å². The lowest BCUT2D eigenvalue weighted by atomic mass is 9.68. The summed E-state index contributed by atoms with van der Waals surface area (Å²) in [4.78, 5) is 14.0. The van der Waals surface area contributed by atoms with Gasteiger partial charge in [-0.15, -0.1) is 0 Å². The average molecular weight is 393 g/mol. The molecule has 1 aromatic heterocycles. The summed E-state index contributed by atoms with van der Waals surface area (Å²) in [6, 6.07) is 3.68. The van der Waals surface area contributed by atoms with Crippen LogP contribution in [0.3, 0.4) is 0 Å². The number of likely N-dealkylation sites (tertiary alicyclic amines) is 1. The molecule has 27 heavy (non-hydrogen) atoms. The van der Waals surface area contributed by atoms with Gasteiger partial charge in [0.1, 0.15) is 0 Å². The summed E-state index contributed by atoms with van der Waals surface area (Å²) in [5.74, 6) is 0.305. The fraction of sp³-hybridized carbons (Fsp3) is 0.600. The highest BCUT2D eigenvalue weighted by molar-refractivity contribution is 6.31. The van der Waals surface area contributed by atoms with Crippen molar-refractivity contribution in [2.45, 2.75) is 46.1 Å². The molecule has 1 aromatic carbocycles. The molecule has 1 atom stereocenters. The van der Waals surface area contributed by atoms with Crippen LogP contribution in [0.25, 0.3) is 10.9 Å². The molecule has 1 aliphatic heterocycles. The minimum Gasteiger partial charge on any atom is -0.388 e. The third-order valence-electron chi connectivity index (χ3n) is 5.90. The van der Waals surface area contributed by atoms with Crippen LogP contribution >= 0.6 is 11.6 Å². The molecule has 0 spiro atoms. The number of nitrogens with zero attached hydrogens (tertiary/aromatic N) is 2. The van der Waals surface area contributed by atoms with Crippen LogP contribution in [-0.4, -0.2) is 45.9 Å². The second-order valence-corrected chi connectivity index (χ2v) is 8.48. The molecule has 2 heterocycles. The molecule has 7 heteroatoms. The topological polar surface area (TPSA) is 81.2 Å². The largest absolute Gasteiger partial charge is 0.388 e. The van der Waals surface area contributed by atoms with Crippen LogP contribution in [0.2, 0.25) is 5.02 Å². The maximum Gasteiger partial charge on any atom is 0.317 e. The van der Waals surface area contributed by atoms with Gasteiger partial charge in [-0.3, -0.25) is 5.10 Å². The van der Waals surface area contributed by atoms with E-state index in [4.69, 9.17) is 11.6 Å². The number of piperidine rings is 1. The number of aromatic nitrogens is 2. The Bertz CT molecular complexity index is 796. The van der Waals surface area contributed by atoms with E-state index in [-0.39, 0.29) is 11.4 Å². The van der Waals surface area contributed by atoms with Gasteiger partial charge in [-0.2, -0.15) is 5.10 Å². The van der Waals surface area contributed by atoms with Crippen molar-refractivity contribution in [2.75, 3.05) is 19.6 Å². The molecule has 1 unspecified atom stereocenters. The normalized spacial score (nSPS) is 17.3. The van der Waals surface area contributed by atoms with E-state index in [0.717, 1.165) is 35.7 Å². The molecule has 3 rings (SSSR count). The number of carbonyl (C=O) groups is 1. The lowest BCUT2D eigenvalue weighted by molar-refractivity contribution is -0.0143. The van der Waals surface area contributed by atoms with Gasteiger partial charge in [0.25, 0.3) is 0 Å². The number of amides is 2. The Hall–Kier alpha value is -1.79. The van der Waals surface area contributed by atoms with Crippen molar-refractivity contribution in [1.82, 2.24) is 20.4 Å². The van der Waals surface area contributed by atoms with Crippen LogP contribution in [0.15, 0.2) is 18.3 Å². The molecule has 1 fully saturated rings. The molecule has 3 N–H and O–H groups in total. The van der Waals surface area contributed by atoms with Gasteiger partial charge in [0.15, 0.2) is 0 Å². The first kappa shape index (κ1) is 20.0. The smallest absolute Gasteiger partial charge is 0.317 e. The highest BCUT2D eigenvalue weighted by Crippen LogP contribution is 2.46. The van der Waals surface area contributed by atoms with Crippen LogP contribution in [0.1, 0.15) is 51.7 Å². The Morgan fingerprint density at radius 2 is 2.15 bits per heavy atom. The zero-order valence-corrected chi connectivity index (χ0v) is 17.0. The van der Waals surface area contributed by atoms with E-state index in [9.17, 15) is 9.90 Å². The number of nitrogens with one attached hydrogen (secondary N) is 2. The second kappa shape index (κ2) is 8.07. The Kier molecular flexibility index (Phi) is 5.96. The van der Waals surface area contributed by atoms with Crippen LogP contribution < -0.4 is 5.32 Å². The molecule has 2 aromatic rings. The first-order valence-electron chi connectivity index (χ1n) is 9.68. The number of H-pyrrole nitrogens is 1. The van der Waals surface area contributed by atoms with Crippen molar-refractivity contribution < 1.29 is 9.90 Å². The van der Waals surface area contributed by atoms with Gasteiger partial charge in [-0.05, 0) is 42.7 Å². The zero-order valence-electron chi connectivity index (χ0n) is 16.3. The summed E-state index contributed by atoms with van der Waals surface area (Å²) in [6.07, 6.45) is 3.72. The predicted molar refractivity (Wildman–Crippen MR) is 108 cm³/mol. The number of aliphatic hydroxyl groups is 1. The third-order valence-corrected chi connectivity index (χ3v) is 6.12. The summed E-state index contributed by atoms with van der Waals surface area (Å²) in [5.41, 5.74) is 1.26. The number of rotatable bonds is 5. The van der Waals surface area contributed by atoms with Crippen molar-refractivity contribution in [2.24, 2.45) is 11.3 Å². The molecule has 1 saturated heterocycles. The van der Waals surface area contributed by atoms with Gasteiger partial charge in [-0.1, -0.05) is 32.4 Å². The van der Waals surface area contributed by atoms with E-state index >= 15 is 0 Å². The molecule has 1 aliphatic rings. The number of hydrogen-bond donors (Lipinski definition) is 3. The number of benzene rings is 1. The van der Waals surface area contributed by atoms with E-state index in [2.05, 4.69) is 29.4 Å². The highest BCUT2D eigenvalue weighted by atomic mass is 35.5. The SMILES string of the molecule is CCCNC(=O)N1CCC(C(C)(C)C(O)c2cc(Cl)cc3cn[nH]c23)CC1. The number of carbonyl (C=O) groups excluding carboxylic acids is 1. The Labute approximate surface area is 165 Å². The number of urea groups is 1. The van der Waals surface area contributed by atoms with Gasteiger partial charge >= 0.3 is 6.03 Å². The van der Waals surface area contributed by atoms with Crippen LogP contribution in [0.5, 0.6) is 0 Å². The lowest BCUT2D eigenvalue weighted by Crippen LogP contribution is -2.47. The molecule has 0 saturated carbocycles. The number of aliphatic hydroxyl groups excluding tert-OH is 1. The Morgan fingerprint density at radius 1 is 1.44 bits per heavy atom. The Morgan fingerprint density at radius 3 is 2.81 bits per heavy atom. The minimum atomic E-state index is -0.676. The van der Waals surface area contributed by atoms with Gasteiger partial charge in [0.2, 0.25) is 0 Å². The first-order valence-corrected chi connectivity index (χ1v) is 10.1. The molecule has 0 bridgehead atoms. The number of halogens is 1. The Balaban J connectivity index is 1.73. The summed E-state index contributed by atoms with van der Waals surface area (Å²) in [7, 11) is 0. The molecular weight excluding hydrogens is 364 g/mol. The van der Waals surface area contributed by atoms with E-state index in [1.54, 1.807) is 6.20 Å². The van der Waals surface area contributed by atoms with Gasteiger partial charge < -0.3 is 15.3 Å². The number of aromatic amines is 1. The maximum atomic E-state index is 12.2. The first-order chi connectivity index (χ1) is 12.8. The molecule has 6 nitrogen and oxygen atoms in total.